The van der Waals surface area contributed by atoms with Crippen molar-refractivity contribution in [3.8, 4) is 0 Å². The Bertz CT molecular complexity index is 508. The van der Waals surface area contributed by atoms with E-state index in [4.69, 9.17) is 4.74 Å². The fourth-order valence-corrected chi connectivity index (χ4v) is 3.56. The van der Waals surface area contributed by atoms with Crippen LogP contribution in [0, 0.1) is 5.41 Å². The Morgan fingerprint density at radius 2 is 2.18 bits per heavy atom. The number of benzene rings is 1. The van der Waals surface area contributed by atoms with Crippen molar-refractivity contribution >= 4 is 5.96 Å². The standard InChI is InChI=1S/C18H27N3O/c1-15(16-6-4-3-5-7-16)12-20-17(19-2)21-10-8-18(13-21)9-11-22-14-18/h3-7,15H,8-14H2,1-2H3,(H,19,20). The fraction of sp³-hybridized carbons (Fsp3) is 0.611. The van der Waals surface area contributed by atoms with Gasteiger partial charge in [-0.05, 0) is 24.3 Å². The van der Waals surface area contributed by atoms with Crippen molar-refractivity contribution in [1.29, 1.82) is 0 Å². The molecule has 2 heterocycles. The molecule has 2 atom stereocenters. The molecule has 22 heavy (non-hydrogen) atoms. The first-order valence-electron chi connectivity index (χ1n) is 8.31. The quantitative estimate of drug-likeness (QED) is 0.688. The molecular weight excluding hydrogens is 274 g/mol. The molecule has 1 N–H and O–H groups in total. The molecule has 4 heteroatoms. The molecule has 0 aromatic heterocycles. The van der Waals surface area contributed by atoms with Crippen LogP contribution in [0.2, 0.25) is 0 Å². The summed E-state index contributed by atoms with van der Waals surface area (Å²) >= 11 is 0. The minimum absolute atomic E-state index is 0.378. The summed E-state index contributed by atoms with van der Waals surface area (Å²) < 4.78 is 5.61. The number of guanidine groups is 1. The number of ether oxygens (including phenoxy) is 1. The number of aliphatic imine (C=N–C) groups is 1. The van der Waals surface area contributed by atoms with Gasteiger partial charge in [-0.25, -0.2) is 0 Å². The van der Waals surface area contributed by atoms with Gasteiger partial charge in [-0.2, -0.15) is 0 Å². The lowest BCUT2D eigenvalue weighted by molar-refractivity contribution is 0.156. The summed E-state index contributed by atoms with van der Waals surface area (Å²) in [5.41, 5.74) is 1.75. The molecule has 2 aliphatic heterocycles. The van der Waals surface area contributed by atoms with Crippen LogP contribution < -0.4 is 5.32 Å². The van der Waals surface area contributed by atoms with E-state index in [-0.39, 0.29) is 0 Å². The van der Waals surface area contributed by atoms with Crippen LogP contribution in [0.15, 0.2) is 35.3 Å². The zero-order chi connectivity index (χ0) is 15.4. The predicted molar refractivity (Wildman–Crippen MR) is 90.3 cm³/mol. The molecule has 1 aromatic rings. The van der Waals surface area contributed by atoms with Crippen molar-refractivity contribution < 1.29 is 4.74 Å². The molecule has 4 nitrogen and oxygen atoms in total. The number of nitrogens with one attached hydrogen (secondary N) is 1. The van der Waals surface area contributed by atoms with Gasteiger partial charge in [0.15, 0.2) is 5.96 Å². The van der Waals surface area contributed by atoms with Gasteiger partial charge in [0, 0.05) is 38.7 Å². The van der Waals surface area contributed by atoms with E-state index >= 15 is 0 Å². The summed E-state index contributed by atoms with van der Waals surface area (Å²) in [5, 5.41) is 3.55. The Kier molecular flexibility index (Phi) is 4.67. The molecule has 3 rings (SSSR count). The highest BCUT2D eigenvalue weighted by Gasteiger charge is 2.42. The number of hydrogen-bond acceptors (Lipinski definition) is 2. The Morgan fingerprint density at radius 3 is 2.86 bits per heavy atom. The highest BCUT2D eigenvalue weighted by molar-refractivity contribution is 5.80. The van der Waals surface area contributed by atoms with E-state index in [1.807, 2.05) is 7.05 Å². The van der Waals surface area contributed by atoms with Crippen LogP contribution in [0.1, 0.15) is 31.2 Å². The van der Waals surface area contributed by atoms with E-state index in [2.05, 4.69) is 52.5 Å². The molecule has 0 saturated carbocycles. The largest absolute Gasteiger partial charge is 0.381 e. The second-order valence-electron chi connectivity index (χ2n) is 6.71. The molecule has 2 saturated heterocycles. The lowest BCUT2D eigenvalue weighted by Gasteiger charge is -2.26. The Hall–Kier alpha value is -1.55. The Labute approximate surface area is 133 Å². The van der Waals surface area contributed by atoms with Gasteiger partial charge in [0.1, 0.15) is 0 Å². The van der Waals surface area contributed by atoms with E-state index in [0.717, 1.165) is 38.8 Å². The predicted octanol–water partition coefficient (Wildman–Crippen LogP) is 2.48. The summed E-state index contributed by atoms with van der Waals surface area (Å²) in [5.74, 6) is 1.51. The van der Waals surface area contributed by atoms with Gasteiger partial charge < -0.3 is 15.0 Å². The SMILES string of the molecule is CN=C(NCC(C)c1ccccc1)N1CCC2(CCOC2)C1. The molecular formula is C18H27N3O. The third-order valence-electron chi connectivity index (χ3n) is 5.07. The van der Waals surface area contributed by atoms with Gasteiger partial charge in [-0.3, -0.25) is 4.99 Å². The van der Waals surface area contributed by atoms with Gasteiger partial charge >= 0.3 is 0 Å². The molecule has 0 aliphatic carbocycles. The third kappa shape index (κ3) is 3.27. The Balaban J connectivity index is 1.55. The van der Waals surface area contributed by atoms with E-state index in [0.29, 0.717) is 11.3 Å². The van der Waals surface area contributed by atoms with Gasteiger partial charge in [-0.1, -0.05) is 37.3 Å². The van der Waals surface area contributed by atoms with Gasteiger partial charge in [0.2, 0.25) is 0 Å². The van der Waals surface area contributed by atoms with Crippen molar-refractivity contribution in [3.05, 3.63) is 35.9 Å². The summed E-state index contributed by atoms with van der Waals surface area (Å²) in [7, 11) is 1.88. The van der Waals surface area contributed by atoms with Crippen molar-refractivity contribution in [1.82, 2.24) is 10.2 Å². The van der Waals surface area contributed by atoms with Gasteiger partial charge in [-0.15, -0.1) is 0 Å². The van der Waals surface area contributed by atoms with Crippen molar-refractivity contribution in [2.45, 2.75) is 25.7 Å². The van der Waals surface area contributed by atoms with Crippen LogP contribution in [0.25, 0.3) is 0 Å². The van der Waals surface area contributed by atoms with Crippen molar-refractivity contribution in [3.63, 3.8) is 0 Å². The molecule has 1 aromatic carbocycles. The second-order valence-corrected chi connectivity index (χ2v) is 6.71. The minimum atomic E-state index is 0.378. The third-order valence-corrected chi connectivity index (χ3v) is 5.07. The molecule has 120 valence electrons. The maximum atomic E-state index is 5.61. The average molecular weight is 301 g/mol. The lowest BCUT2D eigenvalue weighted by atomic mass is 9.87. The van der Waals surface area contributed by atoms with Crippen LogP contribution in [0.4, 0.5) is 0 Å². The highest BCUT2D eigenvalue weighted by Crippen LogP contribution is 2.38. The molecule has 0 radical (unpaired) electrons. The summed E-state index contributed by atoms with van der Waals surface area (Å²) in [6, 6.07) is 10.7. The van der Waals surface area contributed by atoms with Crippen molar-refractivity contribution in [2.75, 3.05) is 39.9 Å². The normalized spacial score (nSPS) is 26.6. The first kappa shape index (κ1) is 15.3. The van der Waals surface area contributed by atoms with E-state index in [1.165, 1.54) is 18.4 Å². The van der Waals surface area contributed by atoms with Crippen LogP contribution in [-0.2, 0) is 4.74 Å². The number of rotatable bonds is 3. The molecule has 2 aliphatic rings. The number of hydrogen-bond donors (Lipinski definition) is 1. The number of nitrogens with zero attached hydrogens (tertiary/aromatic N) is 2. The maximum absolute atomic E-state index is 5.61. The minimum Gasteiger partial charge on any atom is -0.381 e. The van der Waals surface area contributed by atoms with Gasteiger partial charge in [0.25, 0.3) is 0 Å². The van der Waals surface area contributed by atoms with Crippen LogP contribution >= 0.6 is 0 Å². The first-order valence-corrected chi connectivity index (χ1v) is 8.31. The van der Waals surface area contributed by atoms with Crippen LogP contribution in [0.3, 0.4) is 0 Å². The average Bonchev–Trinajstić information content (AvgIpc) is 3.19. The van der Waals surface area contributed by atoms with Gasteiger partial charge in [0.05, 0.1) is 6.61 Å². The second kappa shape index (κ2) is 6.69. The topological polar surface area (TPSA) is 36.9 Å². The molecule has 0 bridgehead atoms. The van der Waals surface area contributed by atoms with E-state index < -0.39 is 0 Å². The van der Waals surface area contributed by atoms with Crippen LogP contribution in [0.5, 0.6) is 0 Å². The highest BCUT2D eigenvalue weighted by atomic mass is 16.5. The first-order chi connectivity index (χ1) is 10.7. The lowest BCUT2D eigenvalue weighted by Crippen LogP contribution is -2.42. The number of likely N-dealkylation sites (tertiary alicyclic amines) is 1. The smallest absolute Gasteiger partial charge is 0.193 e. The van der Waals surface area contributed by atoms with Crippen LogP contribution in [-0.4, -0.2) is 50.8 Å². The summed E-state index contributed by atoms with van der Waals surface area (Å²) in [4.78, 5) is 6.88. The fourth-order valence-electron chi connectivity index (χ4n) is 3.56. The zero-order valence-corrected chi connectivity index (χ0v) is 13.7. The molecule has 2 fully saturated rings. The molecule has 1 spiro atoms. The maximum Gasteiger partial charge on any atom is 0.193 e. The van der Waals surface area contributed by atoms with E-state index in [9.17, 15) is 0 Å². The molecule has 2 unspecified atom stereocenters. The Morgan fingerprint density at radius 1 is 1.36 bits per heavy atom. The van der Waals surface area contributed by atoms with E-state index in [1.54, 1.807) is 0 Å². The molecule has 0 amide bonds. The van der Waals surface area contributed by atoms with Crippen molar-refractivity contribution in [2.24, 2.45) is 10.4 Å². The summed E-state index contributed by atoms with van der Waals surface area (Å²) in [6.07, 6.45) is 2.42. The monoisotopic (exact) mass is 301 g/mol. The summed E-state index contributed by atoms with van der Waals surface area (Å²) in [6.45, 7) is 7.17. The zero-order valence-electron chi connectivity index (χ0n) is 13.7.